The Bertz CT molecular complexity index is 1120. The van der Waals surface area contributed by atoms with Crippen molar-refractivity contribution >= 4 is 21.6 Å². The number of carbonyl (C=O) groups is 1. The lowest BCUT2D eigenvalue weighted by Crippen LogP contribution is -2.52. The summed E-state index contributed by atoms with van der Waals surface area (Å²) < 4.78 is 32.8. The molecule has 0 bridgehead atoms. The zero-order chi connectivity index (χ0) is 21.5. The van der Waals surface area contributed by atoms with E-state index in [4.69, 9.17) is 9.73 Å². The number of methoxy groups -OCH3 is 1. The van der Waals surface area contributed by atoms with Crippen molar-refractivity contribution < 1.29 is 17.9 Å². The molecule has 7 nitrogen and oxygen atoms in total. The average Bonchev–Trinajstić information content (AvgIpc) is 3.06. The Morgan fingerprint density at radius 1 is 1.03 bits per heavy atom. The summed E-state index contributed by atoms with van der Waals surface area (Å²) in [5, 5.41) is 2.98. The lowest BCUT2D eigenvalue weighted by Gasteiger charge is -2.36. The van der Waals surface area contributed by atoms with Crippen molar-refractivity contribution in [3.8, 4) is 5.75 Å². The Morgan fingerprint density at radius 2 is 1.70 bits per heavy atom. The topological polar surface area (TPSA) is 88.1 Å². The third-order valence-corrected chi connectivity index (χ3v) is 7.81. The number of sulfonamides is 1. The summed E-state index contributed by atoms with van der Waals surface area (Å²) in [5.41, 5.74) is 2.35. The number of piperidine rings is 1. The van der Waals surface area contributed by atoms with Gasteiger partial charge in [0.2, 0.25) is 10.0 Å². The second kappa shape index (κ2) is 7.52. The first-order chi connectivity index (χ1) is 14.2. The fourth-order valence-electron chi connectivity index (χ4n) is 3.86. The molecule has 1 amide bonds. The minimum atomic E-state index is -3.58. The van der Waals surface area contributed by atoms with Gasteiger partial charge in [0.15, 0.2) is 0 Å². The van der Waals surface area contributed by atoms with E-state index in [9.17, 15) is 13.2 Å². The third kappa shape index (κ3) is 3.61. The van der Waals surface area contributed by atoms with Crippen LogP contribution in [0.5, 0.6) is 5.75 Å². The number of aryl methyl sites for hydroxylation is 2. The number of hydrogen-bond donors (Lipinski definition) is 1. The molecule has 0 radical (unpaired) electrons. The van der Waals surface area contributed by atoms with Crippen molar-refractivity contribution in [1.29, 1.82) is 0 Å². The molecule has 158 valence electrons. The van der Waals surface area contributed by atoms with Crippen molar-refractivity contribution in [3.63, 3.8) is 0 Å². The van der Waals surface area contributed by atoms with Gasteiger partial charge in [-0.05, 0) is 61.4 Å². The molecule has 2 aliphatic heterocycles. The monoisotopic (exact) mass is 427 g/mol. The average molecular weight is 428 g/mol. The van der Waals surface area contributed by atoms with E-state index in [2.05, 4.69) is 5.32 Å². The lowest BCUT2D eigenvalue weighted by atomic mass is 10.00. The highest BCUT2D eigenvalue weighted by atomic mass is 32.2. The molecule has 2 aromatic rings. The number of rotatable bonds is 4. The molecule has 4 rings (SSSR count). The van der Waals surface area contributed by atoms with Crippen LogP contribution in [0.3, 0.4) is 0 Å². The van der Waals surface area contributed by atoms with Gasteiger partial charge < -0.3 is 10.1 Å². The normalized spacial score (nSPS) is 18.9. The highest BCUT2D eigenvalue weighted by Crippen LogP contribution is 2.32. The van der Waals surface area contributed by atoms with E-state index in [1.165, 1.54) is 4.31 Å². The zero-order valence-electron chi connectivity index (χ0n) is 17.3. The first-order valence-electron chi connectivity index (χ1n) is 9.88. The molecule has 2 aliphatic rings. The van der Waals surface area contributed by atoms with Gasteiger partial charge in [-0.2, -0.15) is 4.31 Å². The SMILES string of the molecule is COc1ccc(C2=NC3(CCN(S(=O)(=O)c4ccc(C)c(C)c4)CC3)NC2=O)cc1. The smallest absolute Gasteiger partial charge is 0.272 e. The standard InChI is InChI=1S/C22H25N3O4S/c1-15-4-9-19(14-16(15)2)30(27,28)25-12-10-22(11-13-25)23-20(21(26)24-22)17-5-7-18(29-3)8-6-17/h4-9,14H,10-13H2,1-3H3,(H,24,26). The van der Waals surface area contributed by atoms with Gasteiger partial charge in [-0.1, -0.05) is 6.07 Å². The molecule has 0 aliphatic carbocycles. The molecule has 1 fully saturated rings. The summed E-state index contributed by atoms with van der Waals surface area (Å²) in [6, 6.07) is 12.4. The quantitative estimate of drug-likeness (QED) is 0.812. The fraction of sp³-hybridized carbons (Fsp3) is 0.364. The predicted molar refractivity (Wildman–Crippen MR) is 114 cm³/mol. The van der Waals surface area contributed by atoms with Gasteiger partial charge in [-0.15, -0.1) is 0 Å². The molecular formula is C22H25N3O4S. The Hall–Kier alpha value is -2.71. The van der Waals surface area contributed by atoms with E-state index in [0.717, 1.165) is 16.7 Å². The number of nitrogens with one attached hydrogen (secondary N) is 1. The van der Waals surface area contributed by atoms with Crippen molar-refractivity contribution in [2.75, 3.05) is 20.2 Å². The highest BCUT2D eigenvalue weighted by molar-refractivity contribution is 7.89. The first-order valence-corrected chi connectivity index (χ1v) is 11.3. The lowest BCUT2D eigenvalue weighted by molar-refractivity contribution is -0.115. The number of aliphatic imine (C=N–C) groups is 1. The maximum atomic E-state index is 13.1. The molecule has 1 N–H and O–H groups in total. The van der Waals surface area contributed by atoms with Gasteiger partial charge in [0.05, 0.1) is 12.0 Å². The van der Waals surface area contributed by atoms with Crippen LogP contribution in [-0.2, 0) is 14.8 Å². The molecule has 0 atom stereocenters. The Balaban J connectivity index is 1.52. The molecule has 0 saturated carbocycles. The van der Waals surface area contributed by atoms with Gasteiger partial charge in [-0.3, -0.25) is 9.79 Å². The van der Waals surface area contributed by atoms with Crippen molar-refractivity contribution in [1.82, 2.24) is 9.62 Å². The zero-order valence-corrected chi connectivity index (χ0v) is 18.1. The van der Waals surface area contributed by atoms with Gasteiger partial charge >= 0.3 is 0 Å². The van der Waals surface area contributed by atoms with Crippen LogP contribution in [0.1, 0.15) is 29.5 Å². The molecule has 2 heterocycles. The minimum Gasteiger partial charge on any atom is -0.497 e. The van der Waals surface area contributed by atoms with Crippen molar-refractivity contribution in [2.45, 2.75) is 37.2 Å². The number of amides is 1. The van der Waals surface area contributed by atoms with Gasteiger partial charge in [0.25, 0.3) is 5.91 Å². The number of hydrogen-bond acceptors (Lipinski definition) is 5. The molecule has 0 unspecified atom stereocenters. The second-order valence-electron chi connectivity index (χ2n) is 7.82. The Morgan fingerprint density at radius 3 is 2.30 bits per heavy atom. The Kier molecular flexibility index (Phi) is 5.15. The summed E-state index contributed by atoms with van der Waals surface area (Å²) in [4.78, 5) is 17.6. The number of nitrogens with zero attached hydrogens (tertiary/aromatic N) is 2. The van der Waals surface area contributed by atoms with E-state index < -0.39 is 15.7 Å². The molecule has 0 aromatic heterocycles. The molecule has 8 heteroatoms. The first kappa shape index (κ1) is 20.6. The molecule has 1 spiro atoms. The van der Waals surface area contributed by atoms with E-state index in [0.29, 0.717) is 42.3 Å². The summed E-state index contributed by atoms with van der Waals surface area (Å²) >= 11 is 0. The fourth-order valence-corrected chi connectivity index (χ4v) is 5.39. The van der Waals surface area contributed by atoms with Crippen LogP contribution in [-0.4, -0.2) is 50.2 Å². The van der Waals surface area contributed by atoms with Crippen molar-refractivity contribution in [3.05, 3.63) is 59.2 Å². The van der Waals surface area contributed by atoms with Crippen molar-refractivity contribution in [2.24, 2.45) is 4.99 Å². The molecule has 30 heavy (non-hydrogen) atoms. The van der Waals surface area contributed by atoms with E-state index >= 15 is 0 Å². The minimum absolute atomic E-state index is 0.231. The van der Waals surface area contributed by atoms with Crippen LogP contribution in [0.15, 0.2) is 52.4 Å². The Labute approximate surface area is 176 Å². The number of carbonyl (C=O) groups excluding carboxylic acids is 1. The van der Waals surface area contributed by atoms with Gasteiger partial charge in [0, 0.05) is 31.5 Å². The van der Waals surface area contributed by atoms with Crippen LogP contribution >= 0.6 is 0 Å². The summed E-state index contributed by atoms with van der Waals surface area (Å²) in [6.07, 6.45) is 0.866. The molecular weight excluding hydrogens is 402 g/mol. The van der Waals surface area contributed by atoms with E-state index in [-0.39, 0.29) is 5.91 Å². The van der Waals surface area contributed by atoms with Crippen LogP contribution in [0.25, 0.3) is 0 Å². The van der Waals surface area contributed by atoms with Crippen LogP contribution < -0.4 is 10.1 Å². The summed E-state index contributed by atoms with van der Waals surface area (Å²) in [6.45, 7) is 4.46. The highest BCUT2D eigenvalue weighted by Gasteiger charge is 2.44. The summed E-state index contributed by atoms with van der Waals surface area (Å²) in [5.74, 6) is 0.475. The van der Waals surface area contributed by atoms with Gasteiger partial charge in [0.1, 0.15) is 17.1 Å². The van der Waals surface area contributed by atoms with Crippen LogP contribution in [0.4, 0.5) is 0 Å². The maximum Gasteiger partial charge on any atom is 0.272 e. The maximum absolute atomic E-state index is 13.1. The van der Waals surface area contributed by atoms with E-state index in [1.807, 2.05) is 19.9 Å². The second-order valence-corrected chi connectivity index (χ2v) is 9.76. The summed E-state index contributed by atoms with van der Waals surface area (Å²) in [7, 11) is -1.99. The molecule has 1 saturated heterocycles. The number of benzene rings is 2. The molecule has 2 aromatic carbocycles. The predicted octanol–water partition coefficient (Wildman–Crippen LogP) is 2.41. The van der Waals surface area contributed by atoms with Crippen LogP contribution in [0.2, 0.25) is 0 Å². The van der Waals surface area contributed by atoms with Gasteiger partial charge in [-0.25, -0.2) is 8.42 Å². The largest absolute Gasteiger partial charge is 0.497 e. The van der Waals surface area contributed by atoms with Crippen LogP contribution in [0, 0.1) is 13.8 Å². The number of ether oxygens (including phenoxy) is 1. The van der Waals surface area contributed by atoms with E-state index in [1.54, 1.807) is 43.5 Å². The third-order valence-electron chi connectivity index (χ3n) is 5.92.